The maximum atomic E-state index is 13.1. The summed E-state index contributed by atoms with van der Waals surface area (Å²) < 4.78 is 17.8. The van der Waals surface area contributed by atoms with Crippen molar-refractivity contribution in [3.05, 3.63) is 41.8 Å². The summed E-state index contributed by atoms with van der Waals surface area (Å²) >= 11 is 3.01. The van der Waals surface area contributed by atoms with E-state index in [0.717, 1.165) is 26.4 Å². The van der Waals surface area contributed by atoms with E-state index in [1.807, 2.05) is 5.38 Å². The average Bonchev–Trinajstić information content (AvgIpc) is 3.00. The van der Waals surface area contributed by atoms with E-state index in [0.29, 0.717) is 12.2 Å². The average molecular weight is 348 g/mol. The molecule has 7 heteroatoms. The van der Waals surface area contributed by atoms with Crippen molar-refractivity contribution >= 4 is 39.3 Å². The van der Waals surface area contributed by atoms with E-state index in [9.17, 15) is 9.18 Å². The Balaban J connectivity index is 1.94. The number of fused-ring (bicyclic) bond motifs is 1. The summed E-state index contributed by atoms with van der Waals surface area (Å²) in [6.07, 6.45) is 1.84. The minimum Gasteiger partial charge on any atom is -0.469 e. The standard InChI is InChI=1S/C16H13FN2O2S2/c1-21-13(20)6-7-22-15-14-12(8-23-16(14)19-9-18-15)10-2-4-11(17)5-3-10/h2-5,8-9H,6-7H2,1H3. The molecule has 0 N–H and O–H groups in total. The summed E-state index contributed by atoms with van der Waals surface area (Å²) in [6.45, 7) is 0. The molecule has 4 nitrogen and oxygen atoms in total. The molecule has 0 unspecified atom stereocenters. The van der Waals surface area contributed by atoms with E-state index in [1.54, 1.807) is 12.1 Å². The summed E-state index contributed by atoms with van der Waals surface area (Å²) in [6, 6.07) is 6.36. The molecular formula is C16H13FN2O2S2. The Morgan fingerprint density at radius 1 is 1.30 bits per heavy atom. The fourth-order valence-electron chi connectivity index (χ4n) is 2.13. The molecule has 0 amide bonds. The number of ether oxygens (including phenoxy) is 1. The van der Waals surface area contributed by atoms with Crippen LogP contribution in [0.4, 0.5) is 4.39 Å². The second kappa shape index (κ2) is 7.06. The van der Waals surface area contributed by atoms with Gasteiger partial charge >= 0.3 is 5.97 Å². The molecule has 118 valence electrons. The lowest BCUT2D eigenvalue weighted by molar-refractivity contribution is -0.140. The number of benzene rings is 1. The van der Waals surface area contributed by atoms with Gasteiger partial charge in [0, 0.05) is 16.7 Å². The van der Waals surface area contributed by atoms with Crippen molar-refractivity contribution in [3.8, 4) is 11.1 Å². The summed E-state index contributed by atoms with van der Waals surface area (Å²) in [5.41, 5.74) is 1.90. The van der Waals surface area contributed by atoms with Crippen LogP contribution in [0.3, 0.4) is 0 Å². The summed E-state index contributed by atoms with van der Waals surface area (Å²) in [5, 5.41) is 3.76. The highest BCUT2D eigenvalue weighted by Gasteiger charge is 2.14. The van der Waals surface area contributed by atoms with Crippen molar-refractivity contribution in [3.63, 3.8) is 0 Å². The first-order valence-corrected chi connectivity index (χ1v) is 8.73. The van der Waals surface area contributed by atoms with Crippen LogP contribution in [0.15, 0.2) is 41.0 Å². The Kier molecular flexibility index (Phi) is 4.88. The molecule has 23 heavy (non-hydrogen) atoms. The van der Waals surface area contributed by atoms with Gasteiger partial charge in [-0.05, 0) is 17.7 Å². The molecule has 1 aromatic carbocycles. The van der Waals surface area contributed by atoms with Gasteiger partial charge in [0.25, 0.3) is 0 Å². The van der Waals surface area contributed by atoms with Crippen LogP contribution in [-0.2, 0) is 9.53 Å². The van der Waals surface area contributed by atoms with Crippen LogP contribution in [0.25, 0.3) is 21.3 Å². The number of nitrogens with zero attached hydrogens (tertiary/aromatic N) is 2. The third kappa shape index (κ3) is 3.51. The molecular weight excluding hydrogens is 335 g/mol. The number of carbonyl (C=O) groups excluding carboxylic acids is 1. The van der Waals surface area contributed by atoms with Gasteiger partial charge < -0.3 is 4.74 Å². The first kappa shape index (κ1) is 15.9. The molecule has 0 aliphatic carbocycles. The SMILES string of the molecule is COC(=O)CCSc1ncnc2scc(-c3ccc(F)cc3)c12. The highest BCUT2D eigenvalue weighted by Crippen LogP contribution is 2.37. The second-order valence-electron chi connectivity index (χ2n) is 4.69. The van der Waals surface area contributed by atoms with Crippen molar-refractivity contribution < 1.29 is 13.9 Å². The Labute approximate surface area is 140 Å². The van der Waals surface area contributed by atoms with Gasteiger partial charge in [0.2, 0.25) is 0 Å². The quantitative estimate of drug-likeness (QED) is 0.394. The summed E-state index contributed by atoms with van der Waals surface area (Å²) in [5.74, 6) is 0.0707. The molecule has 0 saturated carbocycles. The van der Waals surface area contributed by atoms with E-state index >= 15 is 0 Å². The van der Waals surface area contributed by atoms with E-state index in [-0.39, 0.29) is 11.8 Å². The summed E-state index contributed by atoms with van der Waals surface area (Å²) in [4.78, 5) is 20.7. The van der Waals surface area contributed by atoms with Gasteiger partial charge in [-0.15, -0.1) is 23.1 Å². The van der Waals surface area contributed by atoms with Crippen molar-refractivity contribution in [2.75, 3.05) is 12.9 Å². The molecule has 0 radical (unpaired) electrons. The van der Waals surface area contributed by atoms with Crippen LogP contribution in [0.1, 0.15) is 6.42 Å². The van der Waals surface area contributed by atoms with Crippen LogP contribution >= 0.6 is 23.1 Å². The number of rotatable bonds is 5. The molecule has 3 rings (SSSR count). The molecule has 0 aliphatic heterocycles. The van der Waals surface area contributed by atoms with Gasteiger partial charge in [-0.25, -0.2) is 14.4 Å². The highest BCUT2D eigenvalue weighted by atomic mass is 32.2. The van der Waals surface area contributed by atoms with E-state index in [2.05, 4.69) is 14.7 Å². The molecule has 0 atom stereocenters. The number of thiophene rings is 1. The molecule has 2 heterocycles. The normalized spacial score (nSPS) is 10.9. The van der Waals surface area contributed by atoms with Crippen LogP contribution in [0.2, 0.25) is 0 Å². The minimum atomic E-state index is -0.266. The smallest absolute Gasteiger partial charge is 0.306 e. The lowest BCUT2D eigenvalue weighted by Gasteiger charge is -2.05. The van der Waals surface area contributed by atoms with Gasteiger partial charge in [0.05, 0.1) is 18.9 Å². The van der Waals surface area contributed by atoms with Gasteiger partial charge in [-0.1, -0.05) is 12.1 Å². The second-order valence-corrected chi connectivity index (χ2v) is 6.63. The zero-order valence-corrected chi connectivity index (χ0v) is 13.9. The van der Waals surface area contributed by atoms with Gasteiger partial charge in [0.1, 0.15) is 22.0 Å². The molecule has 0 saturated heterocycles. The molecule has 3 aromatic rings. The third-order valence-electron chi connectivity index (χ3n) is 3.26. The molecule has 2 aromatic heterocycles. The largest absolute Gasteiger partial charge is 0.469 e. The number of hydrogen-bond acceptors (Lipinski definition) is 6. The minimum absolute atomic E-state index is 0.244. The van der Waals surface area contributed by atoms with Gasteiger partial charge in [-0.3, -0.25) is 4.79 Å². The predicted octanol–water partition coefficient (Wildman–Crippen LogP) is 4.15. The number of methoxy groups -OCH3 is 1. The fourth-order valence-corrected chi connectivity index (χ4v) is 4.05. The number of halogens is 1. The molecule has 0 spiro atoms. The Bertz CT molecular complexity index is 834. The monoisotopic (exact) mass is 348 g/mol. The topological polar surface area (TPSA) is 52.1 Å². The first-order chi connectivity index (χ1) is 11.2. The number of hydrogen-bond donors (Lipinski definition) is 0. The highest BCUT2D eigenvalue weighted by molar-refractivity contribution is 7.99. The Morgan fingerprint density at radius 2 is 2.09 bits per heavy atom. The van der Waals surface area contributed by atoms with Crippen LogP contribution < -0.4 is 0 Å². The molecule has 0 bridgehead atoms. The summed E-state index contributed by atoms with van der Waals surface area (Å²) in [7, 11) is 1.38. The van der Waals surface area contributed by atoms with E-state index < -0.39 is 0 Å². The van der Waals surface area contributed by atoms with Crippen molar-refractivity contribution in [2.24, 2.45) is 0 Å². The molecule has 0 aliphatic rings. The fraction of sp³-hybridized carbons (Fsp3) is 0.188. The zero-order chi connectivity index (χ0) is 16.2. The van der Waals surface area contributed by atoms with Gasteiger partial charge in [0.15, 0.2) is 0 Å². The lowest BCUT2D eigenvalue weighted by Crippen LogP contribution is -2.01. The van der Waals surface area contributed by atoms with E-state index in [4.69, 9.17) is 0 Å². The first-order valence-electron chi connectivity index (χ1n) is 6.87. The van der Waals surface area contributed by atoms with Crippen LogP contribution in [0, 0.1) is 5.82 Å². The number of carbonyl (C=O) groups is 1. The number of esters is 1. The van der Waals surface area contributed by atoms with Crippen molar-refractivity contribution in [2.45, 2.75) is 11.4 Å². The maximum absolute atomic E-state index is 13.1. The number of thioether (sulfide) groups is 1. The van der Waals surface area contributed by atoms with Crippen molar-refractivity contribution in [1.29, 1.82) is 0 Å². The lowest BCUT2D eigenvalue weighted by atomic mass is 10.1. The van der Waals surface area contributed by atoms with Crippen LogP contribution in [-0.4, -0.2) is 28.8 Å². The van der Waals surface area contributed by atoms with E-state index in [1.165, 1.54) is 48.7 Å². The zero-order valence-electron chi connectivity index (χ0n) is 12.3. The predicted molar refractivity (Wildman–Crippen MR) is 90.2 cm³/mol. The van der Waals surface area contributed by atoms with Crippen molar-refractivity contribution in [1.82, 2.24) is 9.97 Å². The number of aromatic nitrogens is 2. The van der Waals surface area contributed by atoms with Gasteiger partial charge in [-0.2, -0.15) is 0 Å². The van der Waals surface area contributed by atoms with Crippen LogP contribution in [0.5, 0.6) is 0 Å². The maximum Gasteiger partial charge on any atom is 0.306 e. The Hall–Kier alpha value is -1.99. The Morgan fingerprint density at radius 3 is 2.83 bits per heavy atom. The molecule has 0 fully saturated rings. The third-order valence-corrected chi connectivity index (χ3v) is 5.14.